The number of amides is 3. The van der Waals surface area contributed by atoms with Crippen LogP contribution in [0.5, 0.6) is 17.2 Å². The zero-order valence-corrected chi connectivity index (χ0v) is 25.7. The van der Waals surface area contributed by atoms with Gasteiger partial charge in [-0.2, -0.15) is 0 Å². The molecule has 234 valence electrons. The van der Waals surface area contributed by atoms with Gasteiger partial charge in [-0.15, -0.1) is 0 Å². The fraction of sp³-hybridized carbons (Fsp3) is 0.314. The third-order valence-corrected chi connectivity index (χ3v) is 8.34. The molecule has 2 aliphatic heterocycles. The number of aliphatic hydroxyl groups excluding tert-OH is 1. The minimum absolute atomic E-state index is 0.0282. The lowest BCUT2D eigenvalue weighted by atomic mass is 9.99. The third kappa shape index (κ3) is 6.67. The maximum Gasteiger partial charge on any atom is 0.323 e. The van der Waals surface area contributed by atoms with E-state index in [-0.39, 0.29) is 31.3 Å². The van der Waals surface area contributed by atoms with Crippen molar-refractivity contribution in [2.75, 3.05) is 44.2 Å². The first-order valence-electron chi connectivity index (χ1n) is 15.1. The fourth-order valence-corrected chi connectivity index (χ4v) is 5.86. The molecule has 0 radical (unpaired) electrons. The lowest BCUT2D eigenvalue weighted by molar-refractivity contribution is 0.0341. The number of likely N-dealkylation sites (N-methyl/N-ethyl adjacent to an activating group) is 1. The molecule has 0 fully saturated rings. The van der Waals surface area contributed by atoms with Crippen molar-refractivity contribution in [1.29, 1.82) is 0 Å². The largest absolute Gasteiger partial charge is 0.488 e. The summed E-state index contributed by atoms with van der Waals surface area (Å²) in [6, 6.07) is 23.7. The predicted octanol–water partition coefficient (Wildman–Crippen LogP) is 5.56. The molecule has 0 aliphatic carbocycles. The molecule has 4 aromatic rings. The molecular weight excluding hydrogens is 572 g/mol. The Balaban J connectivity index is 1.21. The van der Waals surface area contributed by atoms with Crippen LogP contribution in [0.2, 0.25) is 0 Å². The summed E-state index contributed by atoms with van der Waals surface area (Å²) in [6.07, 6.45) is -0.252. The van der Waals surface area contributed by atoms with E-state index in [1.807, 2.05) is 74.6 Å². The number of aliphatic hydroxyl groups is 1. The first kappa shape index (κ1) is 30.2. The van der Waals surface area contributed by atoms with Crippen molar-refractivity contribution in [3.63, 3.8) is 0 Å². The SMILES string of the molecule is C[C@@H]1CN([C@@H](C)CO)C(=O)c2cc(NC(=O)Nc3cccc4ccccc34)ccc2O[C@@H]1CN(C)Cc1ccc2c(c1)OCO2. The number of nitrogens with one attached hydrogen (secondary N) is 2. The Morgan fingerprint density at radius 2 is 1.78 bits per heavy atom. The molecule has 0 saturated carbocycles. The summed E-state index contributed by atoms with van der Waals surface area (Å²) in [5.41, 5.74) is 2.54. The number of anilines is 2. The number of hydrogen-bond donors (Lipinski definition) is 3. The van der Waals surface area contributed by atoms with E-state index < -0.39 is 12.1 Å². The summed E-state index contributed by atoms with van der Waals surface area (Å²) in [7, 11) is 2.03. The van der Waals surface area contributed by atoms with Crippen LogP contribution in [-0.4, -0.2) is 72.5 Å². The Morgan fingerprint density at radius 1 is 1.00 bits per heavy atom. The summed E-state index contributed by atoms with van der Waals surface area (Å²) >= 11 is 0. The molecule has 3 amide bonds. The normalized spacial score (nSPS) is 18.2. The van der Waals surface area contributed by atoms with E-state index in [0.717, 1.165) is 27.8 Å². The Labute approximate surface area is 262 Å². The summed E-state index contributed by atoms with van der Waals surface area (Å²) in [6.45, 7) is 5.61. The summed E-state index contributed by atoms with van der Waals surface area (Å²) in [5.74, 6) is 1.64. The van der Waals surface area contributed by atoms with Crippen LogP contribution in [0.15, 0.2) is 78.9 Å². The van der Waals surface area contributed by atoms with Gasteiger partial charge in [0.15, 0.2) is 11.5 Å². The van der Waals surface area contributed by atoms with Crippen molar-refractivity contribution in [2.24, 2.45) is 5.92 Å². The second-order valence-electron chi connectivity index (χ2n) is 11.8. The van der Waals surface area contributed by atoms with Gasteiger partial charge in [0.1, 0.15) is 11.9 Å². The second-order valence-corrected chi connectivity index (χ2v) is 11.8. The zero-order valence-electron chi connectivity index (χ0n) is 25.7. The average molecular weight is 611 g/mol. The van der Waals surface area contributed by atoms with Gasteiger partial charge in [0.05, 0.1) is 23.9 Å². The minimum Gasteiger partial charge on any atom is -0.488 e. The lowest BCUT2D eigenvalue weighted by Crippen LogP contribution is -2.49. The molecule has 2 heterocycles. The molecule has 45 heavy (non-hydrogen) atoms. The van der Waals surface area contributed by atoms with Gasteiger partial charge in [0, 0.05) is 36.6 Å². The van der Waals surface area contributed by atoms with E-state index in [0.29, 0.717) is 42.3 Å². The highest BCUT2D eigenvalue weighted by Crippen LogP contribution is 2.34. The Hall–Kier alpha value is -4.80. The smallest absolute Gasteiger partial charge is 0.323 e. The van der Waals surface area contributed by atoms with Crippen LogP contribution in [-0.2, 0) is 6.54 Å². The van der Waals surface area contributed by atoms with Gasteiger partial charge < -0.3 is 34.9 Å². The van der Waals surface area contributed by atoms with Gasteiger partial charge in [-0.1, -0.05) is 49.4 Å². The topological polar surface area (TPSA) is 113 Å². The van der Waals surface area contributed by atoms with Crippen LogP contribution >= 0.6 is 0 Å². The van der Waals surface area contributed by atoms with Crippen LogP contribution in [0.4, 0.5) is 16.2 Å². The van der Waals surface area contributed by atoms with Crippen LogP contribution in [0.25, 0.3) is 10.8 Å². The number of urea groups is 1. The average Bonchev–Trinajstić information content (AvgIpc) is 3.51. The van der Waals surface area contributed by atoms with E-state index in [1.54, 1.807) is 23.1 Å². The first-order chi connectivity index (χ1) is 21.8. The molecule has 10 heteroatoms. The second kappa shape index (κ2) is 13.1. The van der Waals surface area contributed by atoms with E-state index in [4.69, 9.17) is 14.2 Å². The van der Waals surface area contributed by atoms with Crippen LogP contribution in [0.1, 0.15) is 29.8 Å². The van der Waals surface area contributed by atoms with Gasteiger partial charge in [-0.3, -0.25) is 9.69 Å². The maximum absolute atomic E-state index is 13.8. The monoisotopic (exact) mass is 610 g/mol. The molecular formula is C35H38N4O6. The van der Waals surface area contributed by atoms with Crippen molar-refractivity contribution < 1.29 is 28.9 Å². The molecule has 4 aromatic carbocycles. The Morgan fingerprint density at radius 3 is 2.62 bits per heavy atom. The summed E-state index contributed by atoms with van der Waals surface area (Å²) in [5, 5.41) is 17.7. The molecule has 10 nitrogen and oxygen atoms in total. The molecule has 3 N–H and O–H groups in total. The van der Waals surface area contributed by atoms with E-state index in [1.165, 1.54) is 0 Å². The molecule has 2 aliphatic rings. The van der Waals surface area contributed by atoms with E-state index >= 15 is 0 Å². The molecule has 6 rings (SSSR count). The number of rotatable bonds is 8. The fourth-order valence-electron chi connectivity index (χ4n) is 5.86. The first-order valence-corrected chi connectivity index (χ1v) is 15.1. The van der Waals surface area contributed by atoms with Crippen molar-refractivity contribution in [2.45, 2.75) is 32.5 Å². The van der Waals surface area contributed by atoms with Gasteiger partial charge in [0.25, 0.3) is 5.91 Å². The van der Waals surface area contributed by atoms with E-state index in [9.17, 15) is 14.7 Å². The minimum atomic E-state index is -0.428. The maximum atomic E-state index is 13.8. The molecule has 0 bridgehead atoms. The van der Waals surface area contributed by atoms with Crippen LogP contribution in [0.3, 0.4) is 0 Å². The molecule has 0 unspecified atom stereocenters. The summed E-state index contributed by atoms with van der Waals surface area (Å²) in [4.78, 5) is 30.8. The number of benzene rings is 4. The van der Waals surface area contributed by atoms with Crippen molar-refractivity contribution >= 4 is 34.1 Å². The highest BCUT2D eigenvalue weighted by Gasteiger charge is 2.33. The van der Waals surface area contributed by atoms with Gasteiger partial charge in [-0.05, 0) is 61.3 Å². The number of carbonyl (C=O) groups is 2. The van der Waals surface area contributed by atoms with E-state index in [2.05, 4.69) is 22.5 Å². The number of nitrogens with zero attached hydrogens (tertiary/aromatic N) is 2. The number of fused-ring (bicyclic) bond motifs is 3. The number of hydrogen-bond acceptors (Lipinski definition) is 7. The molecule has 0 spiro atoms. The number of ether oxygens (including phenoxy) is 3. The standard InChI is InChI=1S/C35H38N4O6/c1-22-17-39(23(2)20-40)34(41)28-16-26(36-35(42)37-29-10-6-8-25-7-4-5-9-27(25)29)12-14-30(28)45-33(22)19-38(3)18-24-11-13-31-32(15-24)44-21-43-31/h4-16,22-23,33,40H,17-21H2,1-3H3,(H2,36,37,42)/t22-,23+,33-/m1/s1. The van der Waals surface area contributed by atoms with Gasteiger partial charge in [0.2, 0.25) is 6.79 Å². The van der Waals surface area contributed by atoms with Gasteiger partial charge >= 0.3 is 6.03 Å². The number of carbonyl (C=O) groups excluding carboxylic acids is 2. The van der Waals surface area contributed by atoms with Crippen molar-refractivity contribution in [3.8, 4) is 17.2 Å². The quantitative estimate of drug-likeness (QED) is 0.239. The van der Waals surface area contributed by atoms with Crippen LogP contribution in [0, 0.1) is 5.92 Å². The lowest BCUT2D eigenvalue weighted by Gasteiger charge is -2.38. The zero-order chi connectivity index (χ0) is 31.5. The Kier molecular flexibility index (Phi) is 8.77. The molecule has 0 saturated heterocycles. The highest BCUT2D eigenvalue weighted by molar-refractivity contribution is 6.07. The third-order valence-electron chi connectivity index (χ3n) is 8.34. The molecule has 3 atom stereocenters. The van der Waals surface area contributed by atoms with Crippen LogP contribution < -0.4 is 24.8 Å². The van der Waals surface area contributed by atoms with Gasteiger partial charge in [-0.25, -0.2) is 4.79 Å². The molecule has 0 aromatic heterocycles. The Bertz CT molecular complexity index is 1710. The highest BCUT2D eigenvalue weighted by atomic mass is 16.7. The summed E-state index contributed by atoms with van der Waals surface area (Å²) < 4.78 is 17.5. The predicted molar refractivity (Wildman–Crippen MR) is 173 cm³/mol. The van der Waals surface area contributed by atoms with Crippen molar-refractivity contribution in [3.05, 3.63) is 90.0 Å². The van der Waals surface area contributed by atoms with Crippen molar-refractivity contribution in [1.82, 2.24) is 9.80 Å².